The molecule has 1 fully saturated rings. The number of carbonyl (C=O) groups is 1. The van der Waals surface area contributed by atoms with Crippen LogP contribution >= 0.6 is 15.9 Å². The fourth-order valence-electron chi connectivity index (χ4n) is 4.42. The molecule has 39 heavy (non-hydrogen) atoms. The standard InChI is InChI=1S/C29H24BrF2N3O4/c1-17-22(32)12-19(28(37)38-2)13-23(17)35-15-25(30)33-26(27(35)36)34-29(10-11-29)21-14-20(31)8-9-24(21)39-16-18-6-4-3-5-7-18/h3-9,12-15H,10-11,16H2,1-2H3,(H,33,34). The Kier molecular flexibility index (Phi) is 7.22. The number of aromatic nitrogens is 2. The Labute approximate surface area is 231 Å². The van der Waals surface area contributed by atoms with Crippen LogP contribution < -0.4 is 15.6 Å². The first-order valence-corrected chi connectivity index (χ1v) is 12.9. The summed E-state index contributed by atoms with van der Waals surface area (Å²) in [5, 5.41) is 3.21. The summed E-state index contributed by atoms with van der Waals surface area (Å²) in [4.78, 5) is 30.0. The van der Waals surface area contributed by atoms with E-state index in [9.17, 15) is 18.4 Å². The molecule has 0 saturated heterocycles. The van der Waals surface area contributed by atoms with Crippen LogP contribution in [0.1, 0.15) is 39.9 Å². The van der Waals surface area contributed by atoms with Gasteiger partial charge in [0.05, 0.1) is 23.9 Å². The Hall–Kier alpha value is -4.05. The first-order valence-electron chi connectivity index (χ1n) is 12.1. The molecule has 1 saturated carbocycles. The van der Waals surface area contributed by atoms with E-state index in [1.165, 1.54) is 43.0 Å². The second-order valence-corrected chi connectivity index (χ2v) is 10.1. The number of methoxy groups -OCH3 is 1. The van der Waals surface area contributed by atoms with Crippen LogP contribution in [0.5, 0.6) is 5.75 Å². The van der Waals surface area contributed by atoms with Crippen molar-refractivity contribution in [1.29, 1.82) is 0 Å². The Bertz CT molecular complexity index is 1620. The van der Waals surface area contributed by atoms with E-state index >= 15 is 0 Å². The first-order chi connectivity index (χ1) is 18.7. The zero-order valence-electron chi connectivity index (χ0n) is 21.1. The number of hydrogen-bond acceptors (Lipinski definition) is 6. The smallest absolute Gasteiger partial charge is 0.338 e. The van der Waals surface area contributed by atoms with Gasteiger partial charge < -0.3 is 14.8 Å². The van der Waals surface area contributed by atoms with Crippen LogP contribution in [0.4, 0.5) is 14.6 Å². The first kappa shape index (κ1) is 26.6. The van der Waals surface area contributed by atoms with Crippen molar-refractivity contribution in [2.75, 3.05) is 12.4 Å². The summed E-state index contributed by atoms with van der Waals surface area (Å²) >= 11 is 3.33. The van der Waals surface area contributed by atoms with Gasteiger partial charge >= 0.3 is 5.97 Å². The molecule has 7 nitrogen and oxygen atoms in total. The summed E-state index contributed by atoms with van der Waals surface area (Å²) in [7, 11) is 1.19. The van der Waals surface area contributed by atoms with Crippen molar-refractivity contribution in [2.45, 2.75) is 31.9 Å². The number of esters is 1. The van der Waals surface area contributed by atoms with Crippen LogP contribution in [-0.4, -0.2) is 22.6 Å². The van der Waals surface area contributed by atoms with Crippen LogP contribution in [0.15, 0.2) is 76.3 Å². The highest BCUT2D eigenvalue weighted by Crippen LogP contribution is 2.51. The fourth-order valence-corrected chi connectivity index (χ4v) is 4.81. The summed E-state index contributed by atoms with van der Waals surface area (Å²) in [6, 6.07) is 16.3. The van der Waals surface area contributed by atoms with Crippen molar-refractivity contribution in [2.24, 2.45) is 0 Å². The topological polar surface area (TPSA) is 82.5 Å². The summed E-state index contributed by atoms with van der Waals surface area (Å²) < 4.78 is 41.4. The number of rotatable bonds is 8. The maximum absolute atomic E-state index is 14.7. The molecule has 200 valence electrons. The van der Waals surface area contributed by atoms with Crippen molar-refractivity contribution in [3.05, 3.63) is 116 Å². The third kappa shape index (κ3) is 5.42. The minimum Gasteiger partial charge on any atom is -0.489 e. The molecule has 0 unspecified atom stereocenters. The van der Waals surface area contributed by atoms with Crippen LogP contribution in [0.25, 0.3) is 5.69 Å². The third-order valence-electron chi connectivity index (χ3n) is 6.68. The molecule has 0 radical (unpaired) electrons. The van der Waals surface area contributed by atoms with E-state index in [1.54, 1.807) is 6.07 Å². The molecule has 0 spiro atoms. The molecule has 0 bridgehead atoms. The predicted molar refractivity (Wildman–Crippen MR) is 145 cm³/mol. The fraction of sp³-hybridized carbons (Fsp3) is 0.207. The predicted octanol–water partition coefficient (Wildman–Crippen LogP) is 6.05. The van der Waals surface area contributed by atoms with Gasteiger partial charge in [-0.25, -0.2) is 18.6 Å². The van der Waals surface area contributed by atoms with Crippen molar-refractivity contribution in [3.63, 3.8) is 0 Å². The minimum absolute atomic E-state index is 0.0246. The monoisotopic (exact) mass is 595 g/mol. The number of hydrogen-bond donors (Lipinski definition) is 1. The van der Waals surface area contributed by atoms with E-state index in [0.717, 1.165) is 11.6 Å². The van der Waals surface area contributed by atoms with Crippen LogP contribution in [0.3, 0.4) is 0 Å². The molecule has 1 aliphatic carbocycles. The highest BCUT2D eigenvalue weighted by Gasteiger charge is 2.47. The van der Waals surface area contributed by atoms with Gasteiger partial charge in [0.2, 0.25) is 0 Å². The summed E-state index contributed by atoms with van der Waals surface area (Å²) in [6.07, 6.45) is 2.61. The number of nitrogens with one attached hydrogen (secondary N) is 1. The number of carbonyl (C=O) groups excluding carboxylic acids is 1. The molecular weight excluding hydrogens is 572 g/mol. The van der Waals surface area contributed by atoms with E-state index in [2.05, 4.69) is 26.2 Å². The van der Waals surface area contributed by atoms with Gasteiger partial charge in [-0.15, -0.1) is 0 Å². The largest absolute Gasteiger partial charge is 0.489 e. The highest BCUT2D eigenvalue weighted by atomic mass is 79.9. The lowest BCUT2D eigenvalue weighted by Gasteiger charge is -2.22. The Balaban J connectivity index is 1.52. The molecule has 4 aromatic rings. The molecule has 0 amide bonds. The lowest BCUT2D eigenvalue weighted by molar-refractivity contribution is 0.0600. The number of anilines is 1. The van der Waals surface area contributed by atoms with Gasteiger partial charge in [-0.3, -0.25) is 9.36 Å². The van der Waals surface area contributed by atoms with Gasteiger partial charge in [0.1, 0.15) is 28.6 Å². The van der Waals surface area contributed by atoms with E-state index in [0.29, 0.717) is 35.4 Å². The molecule has 1 aliphatic rings. The molecule has 1 aromatic heterocycles. The molecule has 5 rings (SSSR count). The average molecular weight is 596 g/mol. The summed E-state index contributed by atoms with van der Waals surface area (Å²) in [6.45, 7) is 1.80. The number of ether oxygens (including phenoxy) is 2. The quantitative estimate of drug-likeness (QED) is 0.250. The van der Waals surface area contributed by atoms with E-state index in [1.807, 2.05) is 30.3 Å². The number of benzene rings is 3. The Morgan fingerprint density at radius 2 is 1.87 bits per heavy atom. The van der Waals surface area contributed by atoms with Gasteiger partial charge in [-0.05, 0) is 71.6 Å². The van der Waals surface area contributed by atoms with E-state index in [-0.39, 0.29) is 22.6 Å². The summed E-state index contributed by atoms with van der Waals surface area (Å²) in [5.41, 5.74) is 0.457. The SMILES string of the molecule is COC(=O)c1cc(F)c(C)c(-n2cc(Br)nc(NC3(c4cc(F)ccc4OCc4ccccc4)CC3)c2=O)c1. The van der Waals surface area contributed by atoms with Crippen LogP contribution in [0, 0.1) is 18.6 Å². The van der Waals surface area contributed by atoms with Gasteiger partial charge in [0.25, 0.3) is 5.56 Å². The second-order valence-electron chi connectivity index (χ2n) is 9.30. The normalized spacial score (nSPS) is 13.6. The Morgan fingerprint density at radius 3 is 2.56 bits per heavy atom. The van der Waals surface area contributed by atoms with Gasteiger partial charge in [-0.2, -0.15) is 0 Å². The van der Waals surface area contributed by atoms with Crippen molar-refractivity contribution < 1.29 is 23.0 Å². The lowest BCUT2D eigenvalue weighted by atomic mass is 10.0. The number of halogens is 3. The highest BCUT2D eigenvalue weighted by molar-refractivity contribution is 9.10. The minimum atomic E-state index is -0.785. The van der Waals surface area contributed by atoms with Gasteiger partial charge in [0.15, 0.2) is 5.82 Å². The number of nitrogens with zero attached hydrogens (tertiary/aromatic N) is 2. The van der Waals surface area contributed by atoms with E-state index < -0.39 is 28.7 Å². The summed E-state index contributed by atoms with van der Waals surface area (Å²) in [5.74, 6) is -1.37. The zero-order valence-corrected chi connectivity index (χ0v) is 22.7. The van der Waals surface area contributed by atoms with Crippen molar-refractivity contribution >= 4 is 27.7 Å². The zero-order chi connectivity index (χ0) is 27.7. The molecule has 1 heterocycles. The molecule has 10 heteroatoms. The molecule has 0 aliphatic heterocycles. The van der Waals surface area contributed by atoms with Crippen molar-refractivity contribution in [1.82, 2.24) is 9.55 Å². The Morgan fingerprint density at radius 1 is 1.13 bits per heavy atom. The molecule has 3 aromatic carbocycles. The molecular formula is C29H24BrF2N3O4. The maximum Gasteiger partial charge on any atom is 0.338 e. The van der Waals surface area contributed by atoms with E-state index in [4.69, 9.17) is 9.47 Å². The van der Waals surface area contributed by atoms with Gasteiger partial charge in [-0.1, -0.05) is 30.3 Å². The maximum atomic E-state index is 14.7. The second kappa shape index (κ2) is 10.6. The van der Waals surface area contributed by atoms with Gasteiger partial charge in [0, 0.05) is 17.3 Å². The van der Waals surface area contributed by atoms with Crippen LogP contribution in [0.2, 0.25) is 0 Å². The average Bonchev–Trinajstić information content (AvgIpc) is 3.72. The molecule has 0 atom stereocenters. The molecule has 1 N–H and O–H groups in total. The van der Waals surface area contributed by atoms with Crippen molar-refractivity contribution in [3.8, 4) is 11.4 Å². The third-order valence-corrected chi connectivity index (χ3v) is 7.06. The van der Waals surface area contributed by atoms with Crippen LogP contribution in [-0.2, 0) is 16.9 Å². The lowest BCUT2D eigenvalue weighted by Crippen LogP contribution is -2.30.